The molecule has 5 heteroatoms. The number of carbonyl (C=O) groups excluding carboxylic acids is 1. The van der Waals surface area contributed by atoms with Crippen LogP contribution in [0.25, 0.3) is 0 Å². The van der Waals surface area contributed by atoms with Crippen molar-refractivity contribution in [2.24, 2.45) is 0 Å². The molecule has 122 valence electrons. The second-order valence-corrected chi connectivity index (χ2v) is 5.41. The van der Waals surface area contributed by atoms with Crippen molar-refractivity contribution in [2.45, 2.75) is 26.7 Å². The molecule has 0 saturated heterocycles. The summed E-state index contributed by atoms with van der Waals surface area (Å²) >= 11 is 0. The fourth-order valence-electron chi connectivity index (χ4n) is 2.37. The fraction of sp³-hybridized carbons (Fsp3) is 0.333. The topological polar surface area (TPSA) is 66.0 Å². The highest BCUT2D eigenvalue weighted by Gasteiger charge is 2.05. The first-order chi connectivity index (χ1) is 11.1. The Kier molecular flexibility index (Phi) is 5.97. The van der Waals surface area contributed by atoms with Crippen molar-refractivity contribution in [3.8, 4) is 0 Å². The smallest absolute Gasteiger partial charge is 0.319 e. The zero-order chi connectivity index (χ0) is 16.7. The molecule has 0 fully saturated rings. The van der Waals surface area contributed by atoms with Gasteiger partial charge in [-0.1, -0.05) is 25.1 Å². The van der Waals surface area contributed by atoms with Crippen molar-refractivity contribution in [3.05, 3.63) is 53.2 Å². The molecule has 2 amide bonds. The molecule has 0 aliphatic carbocycles. The molecule has 0 aliphatic heterocycles. The summed E-state index contributed by atoms with van der Waals surface area (Å²) < 4.78 is 0. The van der Waals surface area contributed by atoms with Crippen molar-refractivity contribution in [2.75, 3.05) is 24.2 Å². The maximum Gasteiger partial charge on any atom is 0.319 e. The number of urea groups is 1. The van der Waals surface area contributed by atoms with E-state index in [2.05, 4.69) is 33.9 Å². The summed E-state index contributed by atoms with van der Waals surface area (Å²) in [5.41, 5.74) is 4.07. The summed E-state index contributed by atoms with van der Waals surface area (Å²) in [7, 11) is 1.87. The lowest BCUT2D eigenvalue weighted by Crippen LogP contribution is -2.30. The molecule has 3 N–H and O–H groups in total. The lowest BCUT2D eigenvalue weighted by molar-refractivity contribution is 0.252. The van der Waals surface area contributed by atoms with Crippen LogP contribution in [-0.4, -0.2) is 24.6 Å². The van der Waals surface area contributed by atoms with Crippen LogP contribution in [0.15, 0.2) is 36.4 Å². The molecule has 0 atom stereocenters. The number of rotatable bonds is 6. The lowest BCUT2D eigenvalue weighted by atomic mass is 10.1. The van der Waals surface area contributed by atoms with Crippen LogP contribution in [0.3, 0.4) is 0 Å². The molecule has 0 bridgehead atoms. The Labute approximate surface area is 137 Å². The van der Waals surface area contributed by atoms with Gasteiger partial charge in [-0.2, -0.15) is 0 Å². The largest absolute Gasteiger partial charge is 0.373 e. The van der Waals surface area contributed by atoms with Crippen LogP contribution in [0.5, 0.6) is 0 Å². The molecule has 5 nitrogen and oxygen atoms in total. The standard InChI is InChI=1S/C18H24N4O/c1-4-14-8-9-15(21-17(14)19-3)10-11-20-18(23)22-16-7-5-6-13(2)12-16/h5-9,12H,4,10-11H2,1-3H3,(H,19,21)(H2,20,22,23). The van der Waals surface area contributed by atoms with Gasteiger partial charge < -0.3 is 16.0 Å². The van der Waals surface area contributed by atoms with E-state index in [0.29, 0.717) is 13.0 Å². The average Bonchev–Trinajstić information content (AvgIpc) is 2.54. The van der Waals surface area contributed by atoms with E-state index in [1.165, 1.54) is 5.56 Å². The predicted molar refractivity (Wildman–Crippen MR) is 95.1 cm³/mol. The predicted octanol–water partition coefficient (Wildman–Crippen LogP) is 3.36. The molecule has 1 heterocycles. The lowest BCUT2D eigenvalue weighted by Gasteiger charge is -2.10. The van der Waals surface area contributed by atoms with Crippen molar-refractivity contribution in [1.82, 2.24) is 10.3 Å². The van der Waals surface area contributed by atoms with Crippen LogP contribution in [0.2, 0.25) is 0 Å². The van der Waals surface area contributed by atoms with Crippen molar-refractivity contribution < 1.29 is 4.79 Å². The van der Waals surface area contributed by atoms with Crippen LogP contribution < -0.4 is 16.0 Å². The second kappa shape index (κ2) is 8.17. The van der Waals surface area contributed by atoms with Crippen LogP contribution in [0.1, 0.15) is 23.7 Å². The van der Waals surface area contributed by atoms with E-state index in [-0.39, 0.29) is 6.03 Å². The summed E-state index contributed by atoms with van der Waals surface area (Å²) in [4.78, 5) is 16.5. The van der Waals surface area contributed by atoms with Gasteiger partial charge in [0.05, 0.1) is 0 Å². The summed E-state index contributed by atoms with van der Waals surface area (Å²) in [6.07, 6.45) is 1.64. The molecular formula is C18H24N4O. The number of anilines is 2. The normalized spacial score (nSPS) is 10.2. The van der Waals surface area contributed by atoms with E-state index >= 15 is 0 Å². The molecule has 0 saturated carbocycles. The molecule has 1 aromatic heterocycles. The van der Waals surface area contributed by atoms with Gasteiger partial charge in [0.25, 0.3) is 0 Å². The van der Waals surface area contributed by atoms with Gasteiger partial charge in [-0.15, -0.1) is 0 Å². The van der Waals surface area contributed by atoms with E-state index in [9.17, 15) is 4.79 Å². The zero-order valence-corrected chi connectivity index (χ0v) is 13.9. The molecule has 2 aromatic rings. The van der Waals surface area contributed by atoms with Crippen molar-refractivity contribution >= 4 is 17.5 Å². The van der Waals surface area contributed by atoms with Gasteiger partial charge in [-0.3, -0.25) is 0 Å². The SMILES string of the molecule is CCc1ccc(CCNC(=O)Nc2cccc(C)c2)nc1NC. The summed E-state index contributed by atoms with van der Waals surface area (Å²) in [6, 6.07) is 11.6. The number of nitrogens with zero attached hydrogens (tertiary/aromatic N) is 1. The molecule has 0 unspecified atom stereocenters. The number of benzene rings is 1. The highest BCUT2D eigenvalue weighted by Crippen LogP contribution is 2.14. The summed E-state index contributed by atoms with van der Waals surface area (Å²) in [5.74, 6) is 0.911. The molecular weight excluding hydrogens is 288 g/mol. The first kappa shape index (κ1) is 16.8. The maximum absolute atomic E-state index is 11.9. The van der Waals surface area contributed by atoms with Crippen molar-refractivity contribution in [3.63, 3.8) is 0 Å². The molecule has 1 aromatic carbocycles. The molecule has 23 heavy (non-hydrogen) atoms. The minimum atomic E-state index is -0.199. The number of aryl methyl sites for hydroxylation is 2. The van der Waals surface area contributed by atoms with E-state index in [4.69, 9.17) is 0 Å². The zero-order valence-electron chi connectivity index (χ0n) is 13.9. The molecule has 0 aliphatic rings. The van der Waals surface area contributed by atoms with Crippen LogP contribution >= 0.6 is 0 Å². The van der Waals surface area contributed by atoms with E-state index < -0.39 is 0 Å². The van der Waals surface area contributed by atoms with Gasteiger partial charge >= 0.3 is 6.03 Å². The first-order valence-corrected chi connectivity index (χ1v) is 7.90. The van der Waals surface area contributed by atoms with Crippen LogP contribution in [0, 0.1) is 6.92 Å². The van der Waals surface area contributed by atoms with Gasteiger partial charge in [0, 0.05) is 31.4 Å². The van der Waals surface area contributed by atoms with Gasteiger partial charge in [0.15, 0.2) is 0 Å². The van der Waals surface area contributed by atoms with E-state index in [1.54, 1.807) is 0 Å². The number of amides is 2. The van der Waals surface area contributed by atoms with Gasteiger partial charge in [-0.05, 0) is 42.7 Å². The minimum absolute atomic E-state index is 0.199. The Hall–Kier alpha value is -2.56. The quantitative estimate of drug-likeness (QED) is 0.766. The monoisotopic (exact) mass is 312 g/mol. The van der Waals surface area contributed by atoms with Gasteiger partial charge in [0.2, 0.25) is 0 Å². The Morgan fingerprint density at radius 1 is 1.22 bits per heavy atom. The van der Waals surface area contributed by atoms with Crippen LogP contribution in [-0.2, 0) is 12.8 Å². The number of hydrogen-bond acceptors (Lipinski definition) is 3. The fourth-order valence-corrected chi connectivity index (χ4v) is 2.37. The third-order valence-electron chi connectivity index (χ3n) is 3.60. The Morgan fingerprint density at radius 2 is 2.04 bits per heavy atom. The summed E-state index contributed by atoms with van der Waals surface area (Å²) in [6.45, 7) is 4.64. The highest BCUT2D eigenvalue weighted by molar-refractivity contribution is 5.89. The molecule has 0 radical (unpaired) electrons. The average molecular weight is 312 g/mol. The number of carbonyl (C=O) groups is 1. The third kappa shape index (κ3) is 4.98. The minimum Gasteiger partial charge on any atom is -0.373 e. The number of pyridine rings is 1. The number of aromatic nitrogens is 1. The van der Waals surface area contributed by atoms with Crippen molar-refractivity contribution in [1.29, 1.82) is 0 Å². The van der Waals surface area contributed by atoms with E-state index in [1.807, 2.05) is 44.3 Å². The Balaban J connectivity index is 1.83. The summed E-state index contributed by atoms with van der Waals surface area (Å²) in [5, 5.41) is 8.79. The van der Waals surface area contributed by atoms with Crippen LogP contribution in [0.4, 0.5) is 16.3 Å². The third-order valence-corrected chi connectivity index (χ3v) is 3.60. The number of nitrogens with one attached hydrogen (secondary N) is 3. The van der Waals surface area contributed by atoms with Gasteiger partial charge in [0.1, 0.15) is 5.82 Å². The molecule has 2 rings (SSSR count). The van der Waals surface area contributed by atoms with Gasteiger partial charge in [-0.25, -0.2) is 9.78 Å². The second-order valence-electron chi connectivity index (χ2n) is 5.41. The Morgan fingerprint density at radius 3 is 2.74 bits per heavy atom. The Bertz CT molecular complexity index is 670. The molecule has 0 spiro atoms. The highest BCUT2D eigenvalue weighted by atomic mass is 16.2. The number of hydrogen-bond donors (Lipinski definition) is 3. The first-order valence-electron chi connectivity index (χ1n) is 7.90. The maximum atomic E-state index is 11.9. The van der Waals surface area contributed by atoms with E-state index in [0.717, 1.165) is 29.2 Å².